The third kappa shape index (κ3) is 4.72. The summed E-state index contributed by atoms with van der Waals surface area (Å²) < 4.78 is 7.10. The van der Waals surface area contributed by atoms with Crippen LogP contribution in [0.3, 0.4) is 0 Å². The van der Waals surface area contributed by atoms with E-state index in [1.54, 1.807) is 12.3 Å². The Labute approximate surface area is 175 Å². The summed E-state index contributed by atoms with van der Waals surface area (Å²) in [6.45, 7) is 2.68. The van der Waals surface area contributed by atoms with Gasteiger partial charge in [-0.25, -0.2) is 4.98 Å². The van der Waals surface area contributed by atoms with Crippen LogP contribution in [0.4, 0.5) is 0 Å². The summed E-state index contributed by atoms with van der Waals surface area (Å²) in [7, 11) is 0. The molecule has 2 heterocycles. The number of carbonyl (C=O) groups excluding carboxylic acids is 2. The molecule has 1 aromatic carbocycles. The predicted octanol–water partition coefficient (Wildman–Crippen LogP) is 3.18. The van der Waals surface area contributed by atoms with E-state index in [0.29, 0.717) is 24.0 Å². The van der Waals surface area contributed by atoms with Crippen molar-refractivity contribution in [3.63, 3.8) is 0 Å². The predicted molar refractivity (Wildman–Crippen MR) is 114 cm³/mol. The summed E-state index contributed by atoms with van der Waals surface area (Å²) in [4.78, 5) is 29.9. The Morgan fingerprint density at radius 2 is 1.97 bits per heavy atom. The van der Waals surface area contributed by atoms with Crippen molar-refractivity contribution in [3.8, 4) is 0 Å². The molecule has 1 saturated carbocycles. The molecule has 1 aliphatic carbocycles. The van der Waals surface area contributed by atoms with Gasteiger partial charge in [-0.2, -0.15) is 0 Å². The Morgan fingerprint density at radius 3 is 2.77 bits per heavy atom. The fourth-order valence-corrected chi connectivity index (χ4v) is 4.17. The molecular formula is C23H28N4O3. The van der Waals surface area contributed by atoms with E-state index in [1.165, 1.54) is 6.42 Å². The third-order valence-electron chi connectivity index (χ3n) is 5.85. The topological polar surface area (TPSA) is 89.2 Å². The zero-order valence-corrected chi connectivity index (χ0v) is 17.3. The lowest BCUT2D eigenvalue weighted by Crippen LogP contribution is -2.42. The molecule has 7 nitrogen and oxygen atoms in total. The molecule has 2 N–H and O–H groups in total. The maximum absolute atomic E-state index is 12.8. The summed E-state index contributed by atoms with van der Waals surface area (Å²) in [5.74, 6) is 1.57. The monoisotopic (exact) mass is 408 g/mol. The molecule has 1 aliphatic rings. The number of rotatable bonds is 7. The second-order valence-electron chi connectivity index (χ2n) is 8.07. The molecule has 30 heavy (non-hydrogen) atoms. The van der Waals surface area contributed by atoms with E-state index in [0.717, 1.165) is 30.3 Å². The highest BCUT2D eigenvalue weighted by atomic mass is 16.3. The van der Waals surface area contributed by atoms with Crippen LogP contribution in [0.25, 0.3) is 11.0 Å². The van der Waals surface area contributed by atoms with E-state index >= 15 is 0 Å². The van der Waals surface area contributed by atoms with Crippen LogP contribution in [0.5, 0.6) is 0 Å². The van der Waals surface area contributed by atoms with Crippen LogP contribution in [-0.4, -0.2) is 27.4 Å². The van der Waals surface area contributed by atoms with Gasteiger partial charge in [-0.05, 0) is 43.0 Å². The standard InChI is InChI=1S/C23H28N4O3/c1-16-7-2-3-9-18(16)26-23(29)15-27-20-11-5-4-10-19(20)25-21(27)13-22(28)24-14-17-8-6-12-30-17/h4-6,8,10-12,16,18H,2-3,7,9,13-15H2,1H3,(H,24,28)(H,26,29)/t16-,18+/m0/s1. The van der Waals surface area contributed by atoms with E-state index in [9.17, 15) is 9.59 Å². The lowest BCUT2D eigenvalue weighted by Gasteiger charge is -2.29. The highest BCUT2D eigenvalue weighted by Crippen LogP contribution is 2.24. The molecule has 2 atom stereocenters. The smallest absolute Gasteiger partial charge is 0.240 e. The molecule has 0 saturated heterocycles. The fraction of sp³-hybridized carbons (Fsp3) is 0.435. The average molecular weight is 409 g/mol. The Balaban J connectivity index is 1.47. The van der Waals surface area contributed by atoms with Crippen molar-refractivity contribution >= 4 is 22.8 Å². The van der Waals surface area contributed by atoms with E-state index in [4.69, 9.17) is 4.42 Å². The van der Waals surface area contributed by atoms with Gasteiger partial charge in [0.25, 0.3) is 0 Å². The van der Waals surface area contributed by atoms with E-state index < -0.39 is 0 Å². The summed E-state index contributed by atoms with van der Waals surface area (Å²) in [5.41, 5.74) is 1.64. The van der Waals surface area contributed by atoms with Gasteiger partial charge in [0.05, 0.1) is 30.3 Å². The van der Waals surface area contributed by atoms with E-state index in [2.05, 4.69) is 22.5 Å². The molecule has 0 radical (unpaired) electrons. The number of amides is 2. The van der Waals surface area contributed by atoms with Crippen molar-refractivity contribution in [1.82, 2.24) is 20.2 Å². The van der Waals surface area contributed by atoms with E-state index in [1.807, 2.05) is 34.9 Å². The number of nitrogens with one attached hydrogen (secondary N) is 2. The number of hydrogen-bond donors (Lipinski definition) is 2. The minimum Gasteiger partial charge on any atom is -0.467 e. The van der Waals surface area contributed by atoms with Crippen LogP contribution in [0.1, 0.15) is 44.2 Å². The highest BCUT2D eigenvalue weighted by molar-refractivity contribution is 5.83. The summed E-state index contributed by atoms with van der Waals surface area (Å²) in [5, 5.41) is 6.04. The number of para-hydroxylation sites is 2. The molecule has 0 unspecified atom stereocenters. The number of hydrogen-bond acceptors (Lipinski definition) is 4. The lowest BCUT2D eigenvalue weighted by atomic mass is 9.86. The SMILES string of the molecule is C[C@H]1CCCC[C@H]1NC(=O)Cn1c(CC(=O)NCc2ccco2)nc2ccccc21. The molecule has 2 aromatic heterocycles. The van der Waals surface area contributed by atoms with Crippen molar-refractivity contribution in [3.05, 3.63) is 54.2 Å². The lowest BCUT2D eigenvalue weighted by molar-refractivity contribution is -0.123. The maximum Gasteiger partial charge on any atom is 0.240 e. The average Bonchev–Trinajstić information content (AvgIpc) is 3.37. The van der Waals surface area contributed by atoms with Crippen molar-refractivity contribution < 1.29 is 14.0 Å². The van der Waals surface area contributed by atoms with Gasteiger partial charge in [0.1, 0.15) is 18.1 Å². The van der Waals surface area contributed by atoms with Gasteiger partial charge in [0.15, 0.2) is 0 Å². The Morgan fingerprint density at radius 1 is 1.13 bits per heavy atom. The van der Waals surface area contributed by atoms with Crippen LogP contribution >= 0.6 is 0 Å². The minimum atomic E-state index is -0.163. The van der Waals surface area contributed by atoms with Gasteiger partial charge in [-0.15, -0.1) is 0 Å². The number of carbonyl (C=O) groups is 2. The first kappa shape index (κ1) is 20.2. The quantitative estimate of drug-likeness (QED) is 0.628. The van der Waals surface area contributed by atoms with Crippen LogP contribution < -0.4 is 10.6 Å². The van der Waals surface area contributed by atoms with Crippen LogP contribution in [0.15, 0.2) is 47.1 Å². The molecule has 3 aromatic rings. The number of fused-ring (bicyclic) bond motifs is 1. The summed E-state index contributed by atoms with van der Waals surface area (Å²) in [6.07, 6.45) is 6.25. The molecular weight excluding hydrogens is 380 g/mol. The molecule has 7 heteroatoms. The Kier molecular flexibility index (Phi) is 6.16. The first-order chi connectivity index (χ1) is 14.6. The molecule has 0 aliphatic heterocycles. The number of furan rings is 1. The van der Waals surface area contributed by atoms with Gasteiger partial charge in [-0.1, -0.05) is 31.9 Å². The van der Waals surface area contributed by atoms with Gasteiger partial charge in [-0.3, -0.25) is 9.59 Å². The minimum absolute atomic E-state index is 0.0332. The Hall–Kier alpha value is -3.09. The van der Waals surface area contributed by atoms with Crippen LogP contribution in [0, 0.1) is 5.92 Å². The van der Waals surface area contributed by atoms with E-state index in [-0.39, 0.29) is 30.8 Å². The van der Waals surface area contributed by atoms with Gasteiger partial charge >= 0.3 is 0 Å². The molecule has 1 fully saturated rings. The first-order valence-corrected chi connectivity index (χ1v) is 10.6. The molecule has 0 spiro atoms. The summed E-state index contributed by atoms with van der Waals surface area (Å²) in [6, 6.07) is 11.5. The number of aromatic nitrogens is 2. The zero-order valence-electron chi connectivity index (χ0n) is 17.3. The van der Waals surface area contributed by atoms with Crippen molar-refractivity contribution in [1.29, 1.82) is 0 Å². The number of imidazole rings is 1. The fourth-order valence-electron chi connectivity index (χ4n) is 4.17. The molecule has 158 valence electrons. The largest absolute Gasteiger partial charge is 0.467 e. The third-order valence-corrected chi connectivity index (χ3v) is 5.85. The highest BCUT2D eigenvalue weighted by Gasteiger charge is 2.24. The molecule has 4 rings (SSSR count). The normalized spacial score (nSPS) is 19.0. The number of benzene rings is 1. The maximum atomic E-state index is 12.8. The molecule has 2 amide bonds. The van der Waals surface area contributed by atoms with Gasteiger partial charge in [0.2, 0.25) is 11.8 Å². The van der Waals surface area contributed by atoms with Crippen molar-refractivity contribution in [2.24, 2.45) is 5.92 Å². The first-order valence-electron chi connectivity index (χ1n) is 10.6. The summed E-state index contributed by atoms with van der Waals surface area (Å²) >= 11 is 0. The Bertz CT molecular complexity index is 1010. The van der Waals surface area contributed by atoms with Crippen LogP contribution in [-0.2, 0) is 29.1 Å². The molecule has 0 bridgehead atoms. The second-order valence-corrected chi connectivity index (χ2v) is 8.07. The van der Waals surface area contributed by atoms with Crippen LogP contribution in [0.2, 0.25) is 0 Å². The van der Waals surface area contributed by atoms with Crippen molar-refractivity contribution in [2.45, 2.75) is 58.2 Å². The van der Waals surface area contributed by atoms with Gasteiger partial charge in [0, 0.05) is 6.04 Å². The number of nitrogens with zero attached hydrogens (tertiary/aromatic N) is 2. The van der Waals surface area contributed by atoms with Gasteiger partial charge < -0.3 is 19.6 Å². The zero-order chi connectivity index (χ0) is 20.9. The van der Waals surface area contributed by atoms with Crippen molar-refractivity contribution in [2.75, 3.05) is 0 Å². The second kappa shape index (κ2) is 9.15.